The van der Waals surface area contributed by atoms with Crippen molar-refractivity contribution in [1.29, 1.82) is 0 Å². The Labute approximate surface area is 133 Å². The fourth-order valence-corrected chi connectivity index (χ4v) is 5.28. The number of halogens is 2. The maximum atomic E-state index is 14.4. The first-order valence-electron chi connectivity index (χ1n) is 6.99. The molecule has 0 amide bonds. The standard InChI is InChI=1S/C14H20BrFN2O2S/c1-9-4-3-5-18(10(9)2)21(19,20)13-7-12(15)6-11(8-17)14(13)16/h6-7,9-10H,3-5,8,17H2,1-2H3. The van der Waals surface area contributed by atoms with Gasteiger partial charge >= 0.3 is 0 Å². The molecular formula is C14H20BrFN2O2S. The largest absolute Gasteiger partial charge is 0.326 e. The zero-order valence-corrected chi connectivity index (χ0v) is 14.5. The second-order valence-electron chi connectivity index (χ2n) is 5.56. The SMILES string of the molecule is CC1CCCN(S(=O)(=O)c2cc(Br)cc(CN)c2F)C1C. The van der Waals surface area contributed by atoms with Gasteiger partial charge in [-0.3, -0.25) is 0 Å². The molecule has 2 N–H and O–H groups in total. The van der Waals surface area contributed by atoms with Crippen LogP contribution in [0.5, 0.6) is 0 Å². The molecule has 0 aromatic heterocycles. The Morgan fingerprint density at radius 1 is 1.43 bits per heavy atom. The molecule has 2 rings (SSSR count). The molecule has 0 radical (unpaired) electrons. The van der Waals surface area contributed by atoms with Crippen LogP contribution in [0.15, 0.2) is 21.5 Å². The van der Waals surface area contributed by atoms with Gasteiger partial charge in [-0.25, -0.2) is 12.8 Å². The fourth-order valence-electron chi connectivity index (χ4n) is 2.72. The third-order valence-corrected chi connectivity index (χ3v) is 6.64. The number of hydrogen-bond acceptors (Lipinski definition) is 3. The van der Waals surface area contributed by atoms with Crippen LogP contribution in [0.3, 0.4) is 0 Å². The Morgan fingerprint density at radius 2 is 2.10 bits per heavy atom. The van der Waals surface area contributed by atoms with Crippen molar-refractivity contribution in [3.05, 3.63) is 28.0 Å². The molecule has 0 saturated carbocycles. The van der Waals surface area contributed by atoms with Gasteiger partial charge in [0.05, 0.1) is 0 Å². The summed E-state index contributed by atoms with van der Waals surface area (Å²) in [7, 11) is -3.86. The molecule has 0 aliphatic carbocycles. The molecule has 1 saturated heterocycles. The highest BCUT2D eigenvalue weighted by atomic mass is 79.9. The van der Waals surface area contributed by atoms with Crippen LogP contribution in [0.25, 0.3) is 0 Å². The van der Waals surface area contributed by atoms with Crippen LogP contribution < -0.4 is 5.73 Å². The number of sulfonamides is 1. The van der Waals surface area contributed by atoms with Crippen molar-refractivity contribution in [2.75, 3.05) is 6.54 Å². The van der Waals surface area contributed by atoms with Gasteiger partial charge in [0.25, 0.3) is 0 Å². The minimum absolute atomic E-state index is 0.0419. The number of hydrogen-bond donors (Lipinski definition) is 1. The Kier molecular flexibility index (Phi) is 5.07. The Balaban J connectivity index is 2.51. The smallest absolute Gasteiger partial charge is 0.246 e. The molecule has 2 unspecified atom stereocenters. The summed E-state index contributed by atoms with van der Waals surface area (Å²) < 4.78 is 42.0. The Morgan fingerprint density at radius 3 is 2.71 bits per heavy atom. The van der Waals surface area contributed by atoms with Crippen LogP contribution in [0.1, 0.15) is 32.3 Å². The molecule has 1 fully saturated rings. The third-order valence-electron chi connectivity index (χ3n) is 4.20. The number of piperidine rings is 1. The van der Waals surface area contributed by atoms with Crippen LogP contribution in [0.4, 0.5) is 4.39 Å². The van der Waals surface area contributed by atoms with E-state index in [2.05, 4.69) is 15.9 Å². The average Bonchev–Trinajstić information content (AvgIpc) is 2.43. The van der Waals surface area contributed by atoms with Crippen molar-refractivity contribution in [1.82, 2.24) is 4.31 Å². The molecule has 1 aromatic rings. The quantitative estimate of drug-likeness (QED) is 0.879. The maximum Gasteiger partial charge on any atom is 0.246 e. The van der Waals surface area contributed by atoms with Gasteiger partial charge in [0.2, 0.25) is 10.0 Å². The van der Waals surface area contributed by atoms with Gasteiger partial charge in [-0.15, -0.1) is 0 Å². The highest BCUT2D eigenvalue weighted by Crippen LogP contribution is 2.32. The molecule has 7 heteroatoms. The summed E-state index contributed by atoms with van der Waals surface area (Å²) in [5, 5.41) is 0. The summed E-state index contributed by atoms with van der Waals surface area (Å²) in [6.07, 6.45) is 1.78. The van der Waals surface area contributed by atoms with E-state index in [4.69, 9.17) is 5.73 Å². The van der Waals surface area contributed by atoms with E-state index < -0.39 is 15.8 Å². The van der Waals surface area contributed by atoms with Gasteiger partial charge in [0, 0.05) is 29.2 Å². The predicted octanol–water partition coefficient (Wildman–Crippen LogP) is 2.86. The summed E-state index contributed by atoms with van der Waals surface area (Å²) in [5.41, 5.74) is 5.69. The van der Waals surface area contributed by atoms with Crippen molar-refractivity contribution in [2.45, 2.75) is 44.2 Å². The van der Waals surface area contributed by atoms with E-state index in [1.165, 1.54) is 16.4 Å². The fraction of sp³-hybridized carbons (Fsp3) is 0.571. The zero-order chi connectivity index (χ0) is 15.8. The monoisotopic (exact) mass is 378 g/mol. The predicted molar refractivity (Wildman–Crippen MR) is 83.7 cm³/mol. The van der Waals surface area contributed by atoms with E-state index >= 15 is 0 Å². The van der Waals surface area contributed by atoms with Crippen LogP contribution in [0.2, 0.25) is 0 Å². The van der Waals surface area contributed by atoms with Crippen LogP contribution in [-0.2, 0) is 16.6 Å². The van der Waals surface area contributed by atoms with Gasteiger partial charge < -0.3 is 5.73 Å². The molecule has 1 heterocycles. The highest BCUT2D eigenvalue weighted by Gasteiger charge is 2.36. The van der Waals surface area contributed by atoms with Gasteiger partial charge in [-0.1, -0.05) is 22.9 Å². The molecule has 1 aliphatic heterocycles. The first-order chi connectivity index (χ1) is 9.78. The molecule has 1 aromatic carbocycles. The normalized spacial score (nSPS) is 24.2. The van der Waals surface area contributed by atoms with Crippen LogP contribution in [0, 0.1) is 11.7 Å². The zero-order valence-electron chi connectivity index (χ0n) is 12.1. The van der Waals surface area contributed by atoms with Crippen molar-refractivity contribution in [3.63, 3.8) is 0 Å². The van der Waals surface area contributed by atoms with E-state index in [-0.39, 0.29) is 29.0 Å². The number of nitrogens with zero attached hydrogens (tertiary/aromatic N) is 1. The highest BCUT2D eigenvalue weighted by molar-refractivity contribution is 9.10. The summed E-state index contributed by atoms with van der Waals surface area (Å²) in [6, 6.07) is 2.69. The van der Waals surface area contributed by atoms with Crippen molar-refractivity contribution in [3.8, 4) is 0 Å². The van der Waals surface area contributed by atoms with E-state index in [1.54, 1.807) is 0 Å². The number of benzene rings is 1. The lowest BCUT2D eigenvalue weighted by Crippen LogP contribution is -2.46. The summed E-state index contributed by atoms with van der Waals surface area (Å²) in [6.45, 7) is 4.29. The molecule has 4 nitrogen and oxygen atoms in total. The minimum atomic E-state index is -3.86. The lowest BCUT2D eigenvalue weighted by Gasteiger charge is -2.36. The Bertz CT molecular complexity index is 636. The topological polar surface area (TPSA) is 63.4 Å². The summed E-state index contributed by atoms with van der Waals surface area (Å²) in [4.78, 5) is -0.293. The van der Waals surface area contributed by atoms with Gasteiger partial charge in [0.15, 0.2) is 0 Å². The van der Waals surface area contributed by atoms with Crippen LogP contribution in [-0.4, -0.2) is 25.3 Å². The number of nitrogens with two attached hydrogens (primary N) is 1. The third kappa shape index (κ3) is 3.16. The van der Waals surface area contributed by atoms with Crippen molar-refractivity contribution in [2.24, 2.45) is 11.7 Å². The van der Waals surface area contributed by atoms with Crippen molar-refractivity contribution < 1.29 is 12.8 Å². The molecule has 2 atom stereocenters. The van der Waals surface area contributed by atoms with E-state index in [9.17, 15) is 12.8 Å². The molecule has 1 aliphatic rings. The first kappa shape index (κ1) is 16.9. The average molecular weight is 379 g/mol. The molecule has 0 bridgehead atoms. The summed E-state index contributed by atoms with van der Waals surface area (Å²) in [5.74, 6) is -0.483. The molecule has 0 spiro atoms. The second-order valence-corrected chi connectivity index (χ2v) is 8.33. The van der Waals surface area contributed by atoms with E-state index in [0.717, 1.165) is 12.8 Å². The molecule has 21 heavy (non-hydrogen) atoms. The number of rotatable bonds is 3. The second kappa shape index (κ2) is 6.32. The van der Waals surface area contributed by atoms with Crippen molar-refractivity contribution >= 4 is 26.0 Å². The van der Waals surface area contributed by atoms with E-state index in [1.807, 2.05) is 13.8 Å². The summed E-state index contributed by atoms with van der Waals surface area (Å²) >= 11 is 3.23. The van der Waals surface area contributed by atoms with Gasteiger partial charge in [-0.05, 0) is 37.8 Å². The molecule has 118 valence electrons. The van der Waals surface area contributed by atoms with E-state index in [0.29, 0.717) is 11.0 Å². The maximum absolute atomic E-state index is 14.4. The first-order valence-corrected chi connectivity index (χ1v) is 9.22. The molecular weight excluding hydrogens is 359 g/mol. The lowest BCUT2D eigenvalue weighted by molar-refractivity contribution is 0.202. The van der Waals surface area contributed by atoms with Gasteiger partial charge in [0.1, 0.15) is 10.7 Å². The Hall–Kier alpha value is -0.500. The van der Waals surface area contributed by atoms with Crippen LogP contribution >= 0.6 is 15.9 Å². The lowest BCUT2D eigenvalue weighted by atomic mass is 9.94. The van der Waals surface area contributed by atoms with Gasteiger partial charge in [-0.2, -0.15) is 4.31 Å². The minimum Gasteiger partial charge on any atom is -0.326 e.